The van der Waals surface area contributed by atoms with Crippen LogP contribution in [0.15, 0.2) is 54.9 Å². The lowest BCUT2D eigenvalue weighted by molar-refractivity contribution is -0.131. The van der Waals surface area contributed by atoms with Crippen LogP contribution < -0.4 is 4.90 Å². The molecule has 2 aromatic carbocycles. The summed E-state index contributed by atoms with van der Waals surface area (Å²) in [7, 11) is 0. The number of carbonyl (C=O) groups is 1. The number of aromatic nitrogens is 2. The Labute approximate surface area is 153 Å². The SMILES string of the molecule is Cc1cccc(N2CCN(C(=O)CCn3cnc4ccccc43)CC2)c1. The van der Waals surface area contributed by atoms with Crippen molar-refractivity contribution in [3.05, 3.63) is 60.4 Å². The van der Waals surface area contributed by atoms with E-state index in [1.165, 1.54) is 11.3 Å². The molecule has 4 rings (SSSR count). The van der Waals surface area contributed by atoms with E-state index in [0.717, 1.165) is 37.2 Å². The molecule has 0 atom stereocenters. The summed E-state index contributed by atoms with van der Waals surface area (Å²) in [5, 5.41) is 0. The fourth-order valence-corrected chi connectivity index (χ4v) is 3.60. The number of amides is 1. The number of hydrogen-bond donors (Lipinski definition) is 0. The zero-order chi connectivity index (χ0) is 17.9. The van der Waals surface area contributed by atoms with Crippen molar-refractivity contribution in [2.24, 2.45) is 0 Å². The van der Waals surface area contributed by atoms with E-state index in [4.69, 9.17) is 0 Å². The lowest BCUT2D eigenvalue weighted by atomic mass is 10.2. The fourth-order valence-electron chi connectivity index (χ4n) is 3.60. The first-order valence-corrected chi connectivity index (χ1v) is 9.20. The number of nitrogens with zero attached hydrogens (tertiary/aromatic N) is 4. The number of rotatable bonds is 4. The topological polar surface area (TPSA) is 41.4 Å². The Balaban J connectivity index is 1.32. The Morgan fingerprint density at radius 3 is 2.65 bits per heavy atom. The van der Waals surface area contributed by atoms with Gasteiger partial charge in [-0.2, -0.15) is 0 Å². The number of para-hydroxylation sites is 2. The van der Waals surface area contributed by atoms with E-state index in [1.807, 2.05) is 35.5 Å². The van der Waals surface area contributed by atoms with E-state index in [-0.39, 0.29) is 5.91 Å². The molecule has 1 aliphatic heterocycles. The molecule has 5 heteroatoms. The molecular weight excluding hydrogens is 324 g/mol. The summed E-state index contributed by atoms with van der Waals surface area (Å²) in [6.45, 7) is 6.15. The highest BCUT2D eigenvalue weighted by Gasteiger charge is 2.21. The van der Waals surface area contributed by atoms with Crippen molar-refractivity contribution < 1.29 is 4.79 Å². The first-order chi connectivity index (χ1) is 12.7. The Morgan fingerprint density at radius 2 is 1.85 bits per heavy atom. The third-order valence-electron chi connectivity index (χ3n) is 5.09. The number of carbonyl (C=O) groups excluding carboxylic acids is 1. The minimum Gasteiger partial charge on any atom is -0.368 e. The predicted molar refractivity (Wildman–Crippen MR) is 104 cm³/mol. The van der Waals surface area contributed by atoms with Crippen LogP contribution in [0, 0.1) is 6.92 Å². The van der Waals surface area contributed by atoms with E-state index in [9.17, 15) is 4.79 Å². The molecule has 1 fully saturated rings. The number of imidazole rings is 1. The average molecular weight is 348 g/mol. The third-order valence-corrected chi connectivity index (χ3v) is 5.09. The van der Waals surface area contributed by atoms with Crippen molar-refractivity contribution in [1.82, 2.24) is 14.5 Å². The maximum atomic E-state index is 12.6. The quantitative estimate of drug-likeness (QED) is 0.728. The van der Waals surface area contributed by atoms with Crippen molar-refractivity contribution in [2.75, 3.05) is 31.1 Å². The summed E-state index contributed by atoms with van der Waals surface area (Å²) in [4.78, 5) is 21.3. The fraction of sp³-hybridized carbons (Fsp3) is 0.333. The highest BCUT2D eigenvalue weighted by Crippen LogP contribution is 2.18. The van der Waals surface area contributed by atoms with E-state index in [0.29, 0.717) is 13.0 Å². The van der Waals surface area contributed by atoms with Gasteiger partial charge in [0.05, 0.1) is 17.4 Å². The summed E-state index contributed by atoms with van der Waals surface area (Å²) in [5.74, 6) is 0.228. The summed E-state index contributed by atoms with van der Waals surface area (Å²) >= 11 is 0. The summed E-state index contributed by atoms with van der Waals surface area (Å²) in [5.41, 5.74) is 4.59. The lowest BCUT2D eigenvalue weighted by Gasteiger charge is -2.36. The molecule has 1 aromatic heterocycles. The Bertz CT molecular complexity index is 909. The van der Waals surface area contributed by atoms with Gasteiger partial charge in [0.25, 0.3) is 0 Å². The second kappa shape index (κ2) is 7.20. The van der Waals surface area contributed by atoms with Crippen LogP contribution in [0.5, 0.6) is 0 Å². The first kappa shape index (κ1) is 16.6. The van der Waals surface area contributed by atoms with Gasteiger partial charge < -0.3 is 14.4 Å². The molecule has 0 saturated carbocycles. The van der Waals surface area contributed by atoms with Gasteiger partial charge in [0.2, 0.25) is 5.91 Å². The van der Waals surface area contributed by atoms with Gasteiger partial charge >= 0.3 is 0 Å². The van der Waals surface area contributed by atoms with Crippen molar-refractivity contribution in [2.45, 2.75) is 19.9 Å². The van der Waals surface area contributed by atoms with Crippen LogP contribution in [-0.4, -0.2) is 46.5 Å². The van der Waals surface area contributed by atoms with Gasteiger partial charge in [-0.25, -0.2) is 4.98 Å². The summed E-state index contributed by atoms with van der Waals surface area (Å²) < 4.78 is 2.07. The van der Waals surface area contributed by atoms with Gasteiger partial charge in [-0.05, 0) is 36.8 Å². The zero-order valence-corrected chi connectivity index (χ0v) is 15.1. The number of piperazine rings is 1. The Hall–Kier alpha value is -2.82. The van der Waals surface area contributed by atoms with Crippen molar-refractivity contribution >= 4 is 22.6 Å². The van der Waals surface area contributed by atoms with Gasteiger partial charge in [0, 0.05) is 44.8 Å². The number of aryl methyl sites for hydroxylation is 2. The van der Waals surface area contributed by atoms with E-state index in [2.05, 4.69) is 45.6 Å². The molecule has 1 aliphatic rings. The zero-order valence-electron chi connectivity index (χ0n) is 15.1. The predicted octanol–water partition coefficient (Wildman–Crippen LogP) is 3.08. The molecule has 1 saturated heterocycles. The molecule has 2 heterocycles. The number of anilines is 1. The molecule has 0 radical (unpaired) electrons. The number of hydrogen-bond acceptors (Lipinski definition) is 3. The maximum absolute atomic E-state index is 12.6. The Kier molecular flexibility index (Phi) is 4.61. The Morgan fingerprint density at radius 1 is 1.04 bits per heavy atom. The van der Waals surface area contributed by atoms with Crippen LogP contribution in [0.25, 0.3) is 11.0 Å². The van der Waals surface area contributed by atoms with E-state index < -0.39 is 0 Å². The van der Waals surface area contributed by atoms with E-state index >= 15 is 0 Å². The monoisotopic (exact) mass is 348 g/mol. The van der Waals surface area contributed by atoms with Crippen molar-refractivity contribution in [1.29, 1.82) is 0 Å². The minimum absolute atomic E-state index is 0.228. The van der Waals surface area contributed by atoms with Gasteiger partial charge in [-0.15, -0.1) is 0 Å². The average Bonchev–Trinajstić information content (AvgIpc) is 3.09. The minimum atomic E-state index is 0.228. The molecule has 3 aromatic rings. The summed E-state index contributed by atoms with van der Waals surface area (Å²) in [6.07, 6.45) is 2.35. The lowest BCUT2D eigenvalue weighted by Crippen LogP contribution is -2.49. The van der Waals surface area contributed by atoms with Gasteiger partial charge in [-0.3, -0.25) is 4.79 Å². The molecule has 26 heavy (non-hydrogen) atoms. The highest BCUT2D eigenvalue weighted by atomic mass is 16.2. The smallest absolute Gasteiger partial charge is 0.224 e. The van der Waals surface area contributed by atoms with Gasteiger partial charge in [0.15, 0.2) is 0 Å². The second-order valence-electron chi connectivity index (χ2n) is 6.88. The molecule has 1 amide bonds. The molecule has 0 bridgehead atoms. The third kappa shape index (κ3) is 3.43. The summed E-state index contributed by atoms with van der Waals surface area (Å²) in [6, 6.07) is 16.6. The molecule has 0 spiro atoms. The van der Waals surface area contributed by atoms with Gasteiger partial charge in [0.1, 0.15) is 0 Å². The van der Waals surface area contributed by atoms with Crippen LogP contribution in [0.1, 0.15) is 12.0 Å². The normalized spacial score (nSPS) is 14.8. The van der Waals surface area contributed by atoms with Crippen LogP contribution >= 0.6 is 0 Å². The largest absolute Gasteiger partial charge is 0.368 e. The molecular formula is C21H24N4O. The van der Waals surface area contributed by atoms with Crippen LogP contribution in [0.4, 0.5) is 5.69 Å². The molecule has 0 aliphatic carbocycles. The standard InChI is InChI=1S/C21H24N4O/c1-17-5-4-6-18(15-17)23-11-13-24(14-12-23)21(26)9-10-25-16-22-19-7-2-3-8-20(19)25/h2-8,15-16H,9-14H2,1H3. The maximum Gasteiger partial charge on any atom is 0.224 e. The van der Waals surface area contributed by atoms with Crippen LogP contribution in [-0.2, 0) is 11.3 Å². The number of fused-ring (bicyclic) bond motifs is 1. The van der Waals surface area contributed by atoms with Gasteiger partial charge in [-0.1, -0.05) is 24.3 Å². The first-order valence-electron chi connectivity index (χ1n) is 9.20. The molecule has 0 N–H and O–H groups in total. The second-order valence-corrected chi connectivity index (χ2v) is 6.88. The van der Waals surface area contributed by atoms with Crippen molar-refractivity contribution in [3.8, 4) is 0 Å². The van der Waals surface area contributed by atoms with Crippen LogP contribution in [0.3, 0.4) is 0 Å². The van der Waals surface area contributed by atoms with E-state index in [1.54, 1.807) is 0 Å². The molecule has 0 unspecified atom stereocenters. The molecule has 5 nitrogen and oxygen atoms in total. The number of benzene rings is 2. The van der Waals surface area contributed by atoms with Crippen LogP contribution in [0.2, 0.25) is 0 Å². The molecule has 134 valence electrons. The van der Waals surface area contributed by atoms with Crippen molar-refractivity contribution in [3.63, 3.8) is 0 Å². The highest BCUT2D eigenvalue weighted by molar-refractivity contribution is 5.78.